The van der Waals surface area contributed by atoms with Crippen molar-refractivity contribution < 1.29 is 9.66 Å². The van der Waals surface area contributed by atoms with Crippen LogP contribution in [-0.2, 0) is 0 Å². The van der Waals surface area contributed by atoms with Gasteiger partial charge in [0.25, 0.3) is 0 Å². The van der Waals surface area contributed by atoms with Gasteiger partial charge in [0.05, 0.1) is 12.0 Å². The van der Waals surface area contributed by atoms with Crippen molar-refractivity contribution in [1.29, 1.82) is 0 Å². The third-order valence-corrected chi connectivity index (χ3v) is 1.93. The Morgan fingerprint density at radius 3 is 2.94 bits per heavy atom. The SMILES string of the molecule is COc1ccc([N+](=O)[O-])c(NCCCN)n1. The van der Waals surface area contributed by atoms with Gasteiger partial charge in [-0.25, -0.2) is 0 Å². The number of nitrogens with zero attached hydrogens (tertiary/aromatic N) is 2. The Hall–Kier alpha value is -1.89. The molecule has 0 aromatic carbocycles. The van der Waals surface area contributed by atoms with Crippen LogP contribution in [0.4, 0.5) is 11.5 Å². The van der Waals surface area contributed by atoms with Crippen molar-refractivity contribution in [2.75, 3.05) is 25.5 Å². The van der Waals surface area contributed by atoms with Crippen molar-refractivity contribution >= 4 is 11.5 Å². The lowest BCUT2D eigenvalue weighted by atomic mass is 10.3. The first-order valence-electron chi connectivity index (χ1n) is 4.82. The Balaban J connectivity index is 2.87. The summed E-state index contributed by atoms with van der Waals surface area (Å²) in [5, 5.41) is 13.6. The van der Waals surface area contributed by atoms with Crippen LogP contribution < -0.4 is 15.8 Å². The zero-order chi connectivity index (χ0) is 12.0. The van der Waals surface area contributed by atoms with Crippen LogP contribution >= 0.6 is 0 Å². The number of anilines is 1. The molecule has 16 heavy (non-hydrogen) atoms. The molecule has 0 bridgehead atoms. The molecule has 0 aliphatic heterocycles. The molecule has 0 unspecified atom stereocenters. The van der Waals surface area contributed by atoms with Crippen molar-refractivity contribution in [2.24, 2.45) is 5.73 Å². The molecule has 1 aromatic heterocycles. The number of nitro groups is 1. The van der Waals surface area contributed by atoms with Gasteiger partial charge in [-0.15, -0.1) is 0 Å². The van der Waals surface area contributed by atoms with Crippen molar-refractivity contribution in [1.82, 2.24) is 4.98 Å². The number of aromatic nitrogens is 1. The number of methoxy groups -OCH3 is 1. The summed E-state index contributed by atoms with van der Waals surface area (Å²) in [7, 11) is 1.46. The molecule has 0 radical (unpaired) electrons. The summed E-state index contributed by atoms with van der Waals surface area (Å²) in [6.45, 7) is 1.06. The maximum absolute atomic E-state index is 10.7. The Labute approximate surface area is 92.8 Å². The molecule has 1 aromatic rings. The summed E-state index contributed by atoms with van der Waals surface area (Å²) in [6.07, 6.45) is 0.718. The van der Waals surface area contributed by atoms with Crippen LogP contribution in [0.3, 0.4) is 0 Å². The quantitative estimate of drug-likeness (QED) is 0.421. The van der Waals surface area contributed by atoms with Crippen LogP contribution in [0.5, 0.6) is 5.88 Å². The minimum Gasteiger partial charge on any atom is -0.481 e. The van der Waals surface area contributed by atoms with Gasteiger partial charge in [0.2, 0.25) is 11.7 Å². The molecular weight excluding hydrogens is 212 g/mol. The molecule has 0 saturated heterocycles. The first-order valence-corrected chi connectivity index (χ1v) is 4.82. The van der Waals surface area contributed by atoms with Crippen molar-refractivity contribution in [2.45, 2.75) is 6.42 Å². The van der Waals surface area contributed by atoms with Gasteiger partial charge in [-0.3, -0.25) is 10.1 Å². The van der Waals surface area contributed by atoms with Gasteiger partial charge in [-0.1, -0.05) is 0 Å². The Morgan fingerprint density at radius 2 is 2.38 bits per heavy atom. The highest BCUT2D eigenvalue weighted by molar-refractivity contribution is 5.56. The number of hydrogen-bond donors (Lipinski definition) is 2. The number of pyridine rings is 1. The number of nitrogens with two attached hydrogens (primary N) is 1. The summed E-state index contributed by atoms with van der Waals surface area (Å²) >= 11 is 0. The second kappa shape index (κ2) is 5.86. The highest BCUT2D eigenvalue weighted by Crippen LogP contribution is 2.24. The average molecular weight is 226 g/mol. The van der Waals surface area contributed by atoms with Crippen LogP contribution in [0.15, 0.2) is 12.1 Å². The van der Waals surface area contributed by atoms with E-state index in [0.29, 0.717) is 19.0 Å². The van der Waals surface area contributed by atoms with Crippen LogP contribution in [0.1, 0.15) is 6.42 Å². The van der Waals surface area contributed by atoms with E-state index < -0.39 is 4.92 Å². The first-order chi connectivity index (χ1) is 7.69. The normalized spacial score (nSPS) is 9.88. The minimum atomic E-state index is -0.489. The van der Waals surface area contributed by atoms with Crippen molar-refractivity contribution in [3.63, 3.8) is 0 Å². The van der Waals surface area contributed by atoms with Gasteiger partial charge < -0.3 is 15.8 Å². The summed E-state index contributed by atoms with van der Waals surface area (Å²) in [6, 6.07) is 2.81. The molecule has 7 heteroatoms. The Bertz CT molecular complexity index is 370. The lowest BCUT2D eigenvalue weighted by molar-refractivity contribution is -0.384. The van der Waals surface area contributed by atoms with E-state index in [2.05, 4.69) is 10.3 Å². The molecule has 1 rings (SSSR count). The van der Waals surface area contributed by atoms with E-state index in [1.165, 1.54) is 19.2 Å². The second-order valence-corrected chi connectivity index (χ2v) is 3.05. The number of hydrogen-bond acceptors (Lipinski definition) is 6. The monoisotopic (exact) mass is 226 g/mol. The van der Waals surface area contributed by atoms with E-state index in [1.807, 2.05) is 0 Å². The third-order valence-electron chi connectivity index (χ3n) is 1.93. The zero-order valence-corrected chi connectivity index (χ0v) is 8.97. The fourth-order valence-electron chi connectivity index (χ4n) is 1.13. The van der Waals surface area contributed by atoms with Gasteiger partial charge in [0.15, 0.2) is 0 Å². The molecule has 0 aliphatic rings. The standard InChI is InChI=1S/C9H14N4O3/c1-16-8-4-3-7(13(14)15)9(12-8)11-6-2-5-10/h3-4H,2,5-6,10H2,1H3,(H,11,12). The fraction of sp³-hybridized carbons (Fsp3) is 0.444. The van der Waals surface area contributed by atoms with Crippen LogP contribution in [0, 0.1) is 10.1 Å². The van der Waals surface area contributed by atoms with E-state index in [4.69, 9.17) is 10.5 Å². The van der Waals surface area contributed by atoms with Crippen molar-refractivity contribution in [3.05, 3.63) is 22.2 Å². The lowest BCUT2D eigenvalue weighted by Gasteiger charge is -2.06. The summed E-state index contributed by atoms with van der Waals surface area (Å²) in [5.41, 5.74) is 5.26. The highest BCUT2D eigenvalue weighted by atomic mass is 16.6. The molecule has 0 aliphatic carbocycles. The maximum atomic E-state index is 10.7. The third kappa shape index (κ3) is 3.06. The fourth-order valence-corrected chi connectivity index (χ4v) is 1.13. The van der Waals surface area contributed by atoms with E-state index in [9.17, 15) is 10.1 Å². The lowest BCUT2D eigenvalue weighted by Crippen LogP contribution is -2.11. The van der Waals surface area contributed by atoms with E-state index in [1.54, 1.807) is 0 Å². The Kier molecular flexibility index (Phi) is 4.46. The van der Waals surface area contributed by atoms with Crippen LogP contribution in [0.25, 0.3) is 0 Å². The van der Waals surface area contributed by atoms with Gasteiger partial charge in [0.1, 0.15) is 0 Å². The van der Waals surface area contributed by atoms with Crippen LogP contribution in [0.2, 0.25) is 0 Å². The zero-order valence-electron chi connectivity index (χ0n) is 8.97. The second-order valence-electron chi connectivity index (χ2n) is 3.05. The van der Waals surface area contributed by atoms with Crippen LogP contribution in [-0.4, -0.2) is 30.1 Å². The number of nitrogens with one attached hydrogen (secondary N) is 1. The van der Waals surface area contributed by atoms with E-state index in [0.717, 1.165) is 6.42 Å². The predicted molar refractivity (Wildman–Crippen MR) is 59.6 cm³/mol. The molecule has 0 saturated carbocycles. The topological polar surface area (TPSA) is 103 Å². The van der Waals surface area contributed by atoms with E-state index >= 15 is 0 Å². The molecule has 7 nitrogen and oxygen atoms in total. The molecule has 0 atom stereocenters. The number of rotatable bonds is 6. The summed E-state index contributed by atoms with van der Waals surface area (Å²) in [4.78, 5) is 14.2. The predicted octanol–water partition coefficient (Wildman–Crippen LogP) is 0.759. The Morgan fingerprint density at radius 1 is 1.62 bits per heavy atom. The van der Waals surface area contributed by atoms with Gasteiger partial charge >= 0.3 is 5.69 Å². The van der Waals surface area contributed by atoms with E-state index in [-0.39, 0.29) is 11.5 Å². The largest absolute Gasteiger partial charge is 0.481 e. The first kappa shape index (κ1) is 12.2. The van der Waals surface area contributed by atoms with Gasteiger partial charge in [0, 0.05) is 18.7 Å². The van der Waals surface area contributed by atoms with Gasteiger partial charge in [-0.05, 0) is 13.0 Å². The van der Waals surface area contributed by atoms with Crippen molar-refractivity contribution in [3.8, 4) is 5.88 Å². The molecule has 0 fully saturated rings. The summed E-state index contributed by atoms with van der Waals surface area (Å²) in [5.74, 6) is 0.540. The average Bonchev–Trinajstić information content (AvgIpc) is 2.29. The molecule has 3 N–H and O–H groups in total. The number of ether oxygens (including phenoxy) is 1. The molecule has 88 valence electrons. The molecule has 0 amide bonds. The molecule has 0 spiro atoms. The highest BCUT2D eigenvalue weighted by Gasteiger charge is 2.15. The van der Waals surface area contributed by atoms with Gasteiger partial charge in [-0.2, -0.15) is 4.98 Å². The summed E-state index contributed by atoms with van der Waals surface area (Å²) < 4.78 is 4.90. The minimum absolute atomic E-state index is 0.0715. The molecule has 1 heterocycles. The molecular formula is C9H14N4O3. The maximum Gasteiger partial charge on any atom is 0.311 e. The smallest absolute Gasteiger partial charge is 0.311 e.